The largest absolute Gasteiger partial charge is 0.507 e. The Morgan fingerprint density at radius 3 is 2.19 bits per heavy atom. The second-order valence-electron chi connectivity index (χ2n) is 7.11. The van der Waals surface area contributed by atoms with Crippen molar-refractivity contribution in [3.05, 3.63) is 51.6 Å². The Kier molecular flexibility index (Phi) is 3.42. The molecule has 0 aliphatic heterocycles. The van der Waals surface area contributed by atoms with E-state index >= 15 is 0 Å². The van der Waals surface area contributed by atoms with Crippen LogP contribution in [0.1, 0.15) is 68.5 Å². The molecule has 140 valence electrons. The number of carbonyl (C=O) groups is 2. The maximum atomic E-state index is 12.9. The molecule has 2 aliphatic carbocycles. The minimum Gasteiger partial charge on any atom is -0.507 e. The molecule has 0 radical (unpaired) electrons. The molecule has 8 nitrogen and oxygen atoms in total. The summed E-state index contributed by atoms with van der Waals surface area (Å²) in [5, 5.41) is 62.4. The number of phenols is 3. The van der Waals surface area contributed by atoms with E-state index in [1.807, 2.05) is 0 Å². The quantitative estimate of drug-likeness (QED) is 0.317. The van der Waals surface area contributed by atoms with Crippen molar-refractivity contribution in [3.8, 4) is 17.2 Å². The molecule has 27 heavy (non-hydrogen) atoms. The molecule has 0 unspecified atom stereocenters. The Morgan fingerprint density at radius 2 is 1.52 bits per heavy atom. The van der Waals surface area contributed by atoms with Crippen molar-refractivity contribution in [1.82, 2.24) is 0 Å². The van der Waals surface area contributed by atoms with Crippen LogP contribution < -0.4 is 0 Å². The minimum absolute atomic E-state index is 0.167. The molecule has 8 heteroatoms. The highest BCUT2D eigenvalue weighted by atomic mass is 16.3. The highest BCUT2D eigenvalue weighted by Crippen LogP contribution is 2.54. The van der Waals surface area contributed by atoms with Gasteiger partial charge >= 0.3 is 0 Å². The summed E-state index contributed by atoms with van der Waals surface area (Å²) in [7, 11) is 0. The maximum absolute atomic E-state index is 12.9. The fourth-order valence-electron chi connectivity index (χ4n) is 3.96. The number of carbonyl (C=O) groups excluding carboxylic acids is 2. The molecular formula is C19H16O8. The van der Waals surface area contributed by atoms with Crippen LogP contribution in [-0.4, -0.2) is 47.8 Å². The lowest BCUT2D eigenvalue weighted by Gasteiger charge is -2.39. The predicted octanol–water partition coefficient (Wildman–Crippen LogP) is 0.800. The van der Waals surface area contributed by atoms with Crippen molar-refractivity contribution < 1.29 is 40.2 Å². The number of phenolic OH excluding ortho intramolecular Hbond substituents is 3. The third-order valence-electron chi connectivity index (χ3n) is 5.29. The summed E-state index contributed by atoms with van der Waals surface area (Å²) in [4.78, 5) is 25.7. The molecule has 0 aromatic heterocycles. The Bertz CT molecular complexity index is 1040. The zero-order valence-corrected chi connectivity index (χ0v) is 14.1. The highest BCUT2D eigenvalue weighted by Gasteiger charge is 2.48. The van der Waals surface area contributed by atoms with Crippen LogP contribution in [0.25, 0.3) is 0 Å². The summed E-state index contributed by atoms with van der Waals surface area (Å²) in [6, 6.07) is 3.85. The zero-order valence-electron chi connectivity index (χ0n) is 14.1. The SMILES string of the molecule is C[C@@]1(O)C[C@H](O)c2c(O)c3c(c(O)c2[C@H]1O)C(=O)c1cccc(O)c1C3=O. The molecule has 3 atom stereocenters. The van der Waals surface area contributed by atoms with Crippen LogP contribution in [0.4, 0.5) is 0 Å². The summed E-state index contributed by atoms with van der Waals surface area (Å²) in [5.74, 6) is -3.76. The lowest BCUT2D eigenvalue weighted by atomic mass is 9.72. The monoisotopic (exact) mass is 372 g/mol. The molecule has 0 amide bonds. The molecule has 6 N–H and O–H groups in total. The summed E-state index contributed by atoms with van der Waals surface area (Å²) < 4.78 is 0. The highest BCUT2D eigenvalue weighted by molar-refractivity contribution is 6.31. The smallest absolute Gasteiger partial charge is 0.202 e. The molecule has 2 aromatic rings. The molecule has 0 saturated carbocycles. The van der Waals surface area contributed by atoms with Gasteiger partial charge in [-0.15, -0.1) is 0 Å². The molecular weight excluding hydrogens is 356 g/mol. The molecule has 0 saturated heterocycles. The van der Waals surface area contributed by atoms with E-state index in [1.165, 1.54) is 25.1 Å². The Labute approximate surface area is 152 Å². The van der Waals surface area contributed by atoms with Crippen LogP contribution in [0.15, 0.2) is 18.2 Å². The van der Waals surface area contributed by atoms with Crippen LogP contribution in [0.2, 0.25) is 0 Å². The van der Waals surface area contributed by atoms with Crippen molar-refractivity contribution in [1.29, 1.82) is 0 Å². The molecule has 2 aliphatic rings. The van der Waals surface area contributed by atoms with Gasteiger partial charge in [-0.2, -0.15) is 0 Å². The van der Waals surface area contributed by atoms with E-state index in [-0.39, 0.29) is 23.1 Å². The predicted molar refractivity (Wildman–Crippen MR) is 89.9 cm³/mol. The average Bonchev–Trinajstić information content (AvgIpc) is 2.58. The van der Waals surface area contributed by atoms with Gasteiger partial charge in [0.15, 0.2) is 5.78 Å². The van der Waals surface area contributed by atoms with Crippen LogP contribution in [-0.2, 0) is 0 Å². The first-order valence-corrected chi connectivity index (χ1v) is 8.19. The van der Waals surface area contributed by atoms with Crippen molar-refractivity contribution in [2.75, 3.05) is 0 Å². The molecule has 0 fully saturated rings. The topological polar surface area (TPSA) is 156 Å². The number of rotatable bonds is 0. The Morgan fingerprint density at radius 1 is 0.926 bits per heavy atom. The number of hydrogen-bond donors (Lipinski definition) is 6. The second-order valence-corrected chi connectivity index (χ2v) is 7.11. The Balaban J connectivity index is 2.11. The van der Waals surface area contributed by atoms with Gasteiger partial charge in [-0.1, -0.05) is 12.1 Å². The van der Waals surface area contributed by atoms with E-state index in [1.54, 1.807) is 0 Å². The van der Waals surface area contributed by atoms with E-state index in [0.717, 1.165) is 0 Å². The van der Waals surface area contributed by atoms with E-state index in [2.05, 4.69) is 0 Å². The van der Waals surface area contributed by atoms with Gasteiger partial charge in [0.1, 0.15) is 23.4 Å². The number of aliphatic hydroxyl groups excluding tert-OH is 2. The van der Waals surface area contributed by atoms with Gasteiger partial charge in [-0.05, 0) is 13.0 Å². The van der Waals surface area contributed by atoms with Gasteiger partial charge in [0.25, 0.3) is 0 Å². The number of benzene rings is 2. The second kappa shape index (κ2) is 5.29. The third-order valence-corrected chi connectivity index (χ3v) is 5.29. The molecule has 0 spiro atoms. The fraction of sp³-hybridized carbons (Fsp3) is 0.263. The van der Waals surface area contributed by atoms with Crippen molar-refractivity contribution in [2.24, 2.45) is 0 Å². The molecule has 0 bridgehead atoms. The van der Waals surface area contributed by atoms with Crippen LogP contribution in [0.3, 0.4) is 0 Å². The lowest BCUT2D eigenvalue weighted by molar-refractivity contribution is -0.103. The first kappa shape index (κ1) is 17.5. The van der Waals surface area contributed by atoms with Gasteiger partial charge in [0.05, 0.1) is 28.4 Å². The van der Waals surface area contributed by atoms with Gasteiger partial charge in [0.2, 0.25) is 5.78 Å². The van der Waals surface area contributed by atoms with Crippen LogP contribution >= 0.6 is 0 Å². The normalized spacial score (nSPS) is 26.4. The van der Waals surface area contributed by atoms with Gasteiger partial charge in [-0.25, -0.2) is 0 Å². The number of fused-ring (bicyclic) bond motifs is 3. The molecule has 2 aromatic carbocycles. The number of aliphatic hydroxyl groups is 3. The number of hydrogen-bond acceptors (Lipinski definition) is 8. The maximum Gasteiger partial charge on any atom is 0.202 e. The van der Waals surface area contributed by atoms with E-state index < -0.39 is 63.3 Å². The standard InChI is InChI=1S/C19H16O8/c1-19(27)5-8(21)10-13(18(19)26)17(25)11-12(16(10)24)15(23)9-6(14(11)22)3-2-4-7(9)20/h2-4,8,18,20-21,24-27H,5H2,1H3/t8-,18+,19+/m0/s1. The van der Waals surface area contributed by atoms with Crippen molar-refractivity contribution >= 4 is 11.6 Å². The number of aromatic hydroxyl groups is 3. The summed E-state index contributed by atoms with van der Waals surface area (Å²) in [6.07, 6.45) is -3.57. The average molecular weight is 372 g/mol. The van der Waals surface area contributed by atoms with Gasteiger partial charge in [0, 0.05) is 23.1 Å². The fourth-order valence-corrected chi connectivity index (χ4v) is 3.96. The summed E-state index contributed by atoms with van der Waals surface area (Å²) >= 11 is 0. The summed E-state index contributed by atoms with van der Waals surface area (Å²) in [6.45, 7) is 1.24. The Hall–Kier alpha value is -2.94. The molecule has 4 rings (SSSR count). The van der Waals surface area contributed by atoms with Crippen LogP contribution in [0.5, 0.6) is 17.2 Å². The van der Waals surface area contributed by atoms with Gasteiger partial charge in [-0.3, -0.25) is 9.59 Å². The minimum atomic E-state index is -1.83. The number of ketones is 2. The zero-order chi connectivity index (χ0) is 19.8. The lowest BCUT2D eigenvalue weighted by Crippen LogP contribution is -2.40. The molecule has 0 heterocycles. The van der Waals surface area contributed by atoms with Crippen LogP contribution in [0, 0.1) is 0 Å². The summed E-state index contributed by atoms with van der Waals surface area (Å²) in [5.41, 5.74) is -4.15. The van der Waals surface area contributed by atoms with E-state index in [9.17, 15) is 40.2 Å². The van der Waals surface area contributed by atoms with Crippen molar-refractivity contribution in [3.63, 3.8) is 0 Å². The van der Waals surface area contributed by atoms with Gasteiger partial charge < -0.3 is 30.6 Å². The first-order valence-electron chi connectivity index (χ1n) is 8.19. The van der Waals surface area contributed by atoms with Crippen molar-refractivity contribution in [2.45, 2.75) is 31.2 Å². The first-order chi connectivity index (χ1) is 12.6. The van der Waals surface area contributed by atoms with E-state index in [0.29, 0.717) is 0 Å². The third kappa shape index (κ3) is 2.08. The van der Waals surface area contributed by atoms with E-state index in [4.69, 9.17) is 0 Å².